The van der Waals surface area contributed by atoms with Gasteiger partial charge in [0.05, 0.1) is 57.1 Å². The Balaban J connectivity index is 1.29. The van der Waals surface area contributed by atoms with Gasteiger partial charge in [0, 0.05) is 42.7 Å². The number of carbonyl (C=O) groups excluding carboxylic acids is 6. The summed E-state index contributed by atoms with van der Waals surface area (Å²) >= 11 is 1.38. The second-order valence-electron chi connectivity index (χ2n) is 13.2. The van der Waals surface area contributed by atoms with Crippen LogP contribution in [0, 0.1) is 0 Å². The molecule has 0 amide bonds. The molecule has 0 aliphatic carbocycles. The largest absolute Gasteiger partial charge is 0.496 e. The maximum atomic E-state index is 13.6. The summed E-state index contributed by atoms with van der Waals surface area (Å²) in [6, 6.07) is 21.0. The number of hydrazone groups is 1. The quantitative estimate of drug-likeness (QED) is 0.0127. The minimum atomic E-state index is -0.795. The highest BCUT2D eigenvalue weighted by molar-refractivity contribution is 7.22. The van der Waals surface area contributed by atoms with Crippen LogP contribution in [-0.2, 0) is 38.1 Å². The molecule has 0 aliphatic heterocycles. The van der Waals surface area contributed by atoms with Gasteiger partial charge in [-0.15, -0.1) is 0 Å². The normalized spacial score (nSPS) is 10.9. The van der Waals surface area contributed by atoms with Gasteiger partial charge in [-0.05, 0) is 77.9 Å². The number of thiazole rings is 1. The molecule has 0 saturated heterocycles. The number of nitrogens with one attached hydrogen (secondary N) is 1. The lowest BCUT2D eigenvalue weighted by molar-refractivity contribution is -0.141. The Kier molecular flexibility index (Phi) is 18.5. The summed E-state index contributed by atoms with van der Waals surface area (Å²) < 4.78 is 43.4. The smallest absolute Gasteiger partial charge is 0.347 e. The first kappa shape index (κ1) is 48.6. The topological polar surface area (TPSA) is 214 Å². The number of carbonyl (C=O) groups is 6. The van der Waals surface area contributed by atoms with E-state index < -0.39 is 35.8 Å². The lowest BCUT2D eigenvalue weighted by atomic mass is 10.1. The number of benzene rings is 4. The molecule has 18 heteroatoms. The van der Waals surface area contributed by atoms with E-state index in [1.807, 2.05) is 24.3 Å². The van der Waals surface area contributed by atoms with E-state index in [1.54, 1.807) is 12.1 Å². The van der Waals surface area contributed by atoms with Gasteiger partial charge in [-0.3, -0.25) is 5.43 Å². The van der Waals surface area contributed by atoms with Crippen LogP contribution in [0.25, 0.3) is 22.4 Å². The Morgan fingerprint density at radius 2 is 1.17 bits per heavy atom. The first-order chi connectivity index (χ1) is 32.0. The second-order valence-corrected chi connectivity index (χ2v) is 14.2. The van der Waals surface area contributed by atoms with Gasteiger partial charge in [-0.25, -0.2) is 33.8 Å². The van der Waals surface area contributed by atoms with Crippen LogP contribution in [0.4, 0.5) is 5.13 Å². The van der Waals surface area contributed by atoms with E-state index in [-0.39, 0.29) is 66.1 Å². The van der Waals surface area contributed by atoms with Crippen molar-refractivity contribution >= 4 is 80.9 Å². The Morgan fingerprint density at radius 1 is 0.636 bits per heavy atom. The van der Waals surface area contributed by atoms with Crippen molar-refractivity contribution < 1.29 is 66.7 Å². The molecule has 4 aromatic carbocycles. The highest BCUT2D eigenvalue weighted by atomic mass is 32.1. The molecule has 5 aromatic rings. The van der Waals surface area contributed by atoms with Gasteiger partial charge in [-0.2, -0.15) is 5.10 Å². The van der Waals surface area contributed by atoms with E-state index in [1.165, 1.54) is 98.5 Å². The Labute approximate surface area is 382 Å². The van der Waals surface area contributed by atoms with Gasteiger partial charge in [0.1, 0.15) is 34.1 Å². The summed E-state index contributed by atoms with van der Waals surface area (Å²) in [4.78, 5) is 78.3. The van der Waals surface area contributed by atoms with Crippen molar-refractivity contribution in [2.24, 2.45) is 5.10 Å². The average Bonchev–Trinajstić information content (AvgIpc) is 3.75. The number of ether oxygens (including phenoxy) is 8. The summed E-state index contributed by atoms with van der Waals surface area (Å²) in [5, 5.41) is 4.81. The van der Waals surface area contributed by atoms with E-state index >= 15 is 0 Å². The van der Waals surface area contributed by atoms with Crippen molar-refractivity contribution in [2.75, 3.05) is 46.1 Å². The van der Waals surface area contributed by atoms with Crippen LogP contribution < -0.4 is 24.4 Å². The van der Waals surface area contributed by atoms with Crippen molar-refractivity contribution in [3.63, 3.8) is 0 Å². The van der Waals surface area contributed by atoms with Crippen LogP contribution in [0.3, 0.4) is 0 Å². The summed E-state index contributed by atoms with van der Waals surface area (Å²) in [7, 11) is 2.74. The second kappa shape index (κ2) is 25.1. The molecule has 1 N–H and O–H groups in total. The predicted octanol–water partition coefficient (Wildman–Crippen LogP) is 7.55. The molecular formula is C48H43N3O14S. The highest BCUT2D eigenvalue weighted by Gasteiger charge is 2.20. The van der Waals surface area contributed by atoms with E-state index in [9.17, 15) is 28.8 Å². The monoisotopic (exact) mass is 917 g/mol. The van der Waals surface area contributed by atoms with E-state index in [2.05, 4.69) is 28.7 Å². The molecule has 1 heterocycles. The zero-order valence-electron chi connectivity index (χ0n) is 35.7. The standard InChI is InChI=1S/C48H43N3O14S/c1-5-42(52)60-23-9-25-62-44(54)21-15-31-13-18-35(39(27-31)58-3)46(56)64-34-17-20-38(33(29-34)30-49-51-48-50-37-11-7-8-12-41(37)66-48)65-47(57)36-19-14-32(28-40(36)59-4)16-22-45(55)63-26-10-24-61-43(53)6-2/h5-8,11-22,27-30H,1-2,9-10,23-26H2,3-4H3,(H,50,51)/b21-15+,22-16+,49-30+. The van der Waals surface area contributed by atoms with Crippen LogP contribution in [0.5, 0.6) is 23.0 Å². The fourth-order valence-electron chi connectivity index (χ4n) is 5.49. The number of nitrogens with zero attached hydrogens (tertiary/aromatic N) is 2. The first-order valence-corrected chi connectivity index (χ1v) is 20.7. The SMILES string of the molecule is C=CC(=O)OCCCOC(=O)/C=C/c1ccc(C(=O)Oc2ccc(OC(=O)c3ccc(/C=C/C(=O)OCCCOC(=O)C=C)cc3OC)c(/C=N/Nc3nc4ccccc4s3)c2)c(OC)c1. The molecule has 1 aromatic heterocycles. The van der Waals surface area contributed by atoms with E-state index in [4.69, 9.17) is 37.9 Å². The maximum absolute atomic E-state index is 13.6. The maximum Gasteiger partial charge on any atom is 0.347 e. The third-order valence-electron chi connectivity index (χ3n) is 8.65. The lowest BCUT2D eigenvalue weighted by Crippen LogP contribution is -2.13. The molecule has 66 heavy (non-hydrogen) atoms. The van der Waals surface area contributed by atoms with Crippen molar-refractivity contribution in [3.05, 3.63) is 144 Å². The number of anilines is 1. The van der Waals surface area contributed by atoms with Gasteiger partial charge in [0.2, 0.25) is 5.13 Å². The van der Waals surface area contributed by atoms with Crippen molar-refractivity contribution in [2.45, 2.75) is 12.8 Å². The molecule has 0 spiro atoms. The van der Waals surface area contributed by atoms with Gasteiger partial charge >= 0.3 is 35.8 Å². The molecular weight excluding hydrogens is 875 g/mol. The fraction of sp³-hybridized carbons (Fsp3) is 0.167. The Bertz CT molecular complexity index is 2650. The predicted molar refractivity (Wildman–Crippen MR) is 245 cm³/mol. The molecule has 0 atom stereocenters. The number of aromatic nitrogens is 1. The van der Waals surface area contributed by atoms with E-state index in [0.717, 1.165) is 22.4 Å². The summed E-state index contributed by atoms with van der Waals surface area (Å²) in [5.74, 6) is -3.55. The molecule has 0 radical (unpaired) electrons. The van der Waals surface area contributed by atoms with Crippen LogP contribution in [0.15, 0.2) is 121 Å². The van der Waals surface area contributed by atoms with Gasteiger partial charge in [0.25, 0.3) is 0 Å². The number of fused-ring (bicyclic) bond motifs is 1. The molecule has 0 unspecified atom stereocenters. The molecule has 17 nitrogen and oxygen atoms in total. The third-order valence-corrected chi connectivity index (χ3v) is 9.60. The first-order valence-electron chi connectivity index (χ1n) is 19.9. The van der Waals surface area contributed by atoms with Gasteiger partial charge in [-0.1, -0.05) is 48.8 Å². The summed E-state index contributed by atoms with van der Waals surface area (Å²) in [5.41, 5.74) is 5.06. The molecule has 0 saturated carbocycles. The summed E-state index contributed by atoms with van der Waals surface area (Å²) in [6.45, 7) is 6.82. The average molecular weight is 918 g/mol. The number of esters is 6. The third kappa shape index (κ3) is 14.9. The fourth-order valence-corrected chi connectivity index (χ4v) is 6.31. The molecule has 5 rings (SSSR count). The lowest BCUT2D eigenvalue weighted by Gasteiger charge is -2.13. The zero-order valence-corrected chi connectivity index (χ0v) is 36.5. The van der Waals surface area contributed by atoms with Crippen LogP contribution >= 0.6 is 11.3 Å². The Hall–Kier alpha value is -8.38. The van der Waals surface area contributed by atoms with Gasteiger partial charge < -0.3 is 37.9 Å². The molecule has 0 aliphatic rings. The number of para-hydroxylation sites is 1. The van der Waals surface area contributed by atoms with Gasteiger partial charge in [0.15, 0.2) is 0 Å². The summed E-state index contributed by atoms with van der Waals surface area (Å²) in [6.07, 6.45) is 9.42. The molecule has 0 bridgehead atoms. The minimum Gasteiger partial charge on any atom is -0.496 e. The van der Waals surface area contributed by atoms with Crippen LogP contribution in [0.1, 0.15) is 50.2 Å². The minimum absolute atomic E-state index is 0.0294. The van der Waals surface area contributed by atoms with Crippen molar-refractivity contribution in [1.29, 1.82) is 0 Å². The Morgan fingerprint density at radius 3 is 1.70 bits per heavy atom. The molecule has 0 fully saturated rings. The highest BCUT2D eigenvalue weighted by Crippen LogP contribution is 2.30. The van der Waals surface area contributed by atoms with Crippen LogP contribution in [0.2, 0.25) is 0 Å². The number of rotatable bonds is 23. The van der Waals surface area contributed by atoms with Crippen molar-refractivity contribution in [1.82, 2.24) is 4.98 Å². The number of hydrogen-bond acceptors (Lipinski definition) is 18. The van der Waals surface area contributed by atoms with Crippen LogP contribution in [-0.4, -0.2) is 87.7 Å². The number of methoxy groups -OCH3 is 2. The van der Waals surface area contributed by atoms with Crippen molar-refractivity contribution in [3.8, 4) is 23.0 Å². The zero-order chi connectivity index (χ0) is 47.3. The van der Waals surface area contributed by atoms with E-state index in [0.29, 0.717) is 29.1 Å². The number of hydrogen-bond donors (Lipinski definition) is 1. The molecule has 340 valence electrons.